The predicted molar refractivity (Wildman–Crippen MR) is 224 cm³/mol. The number of H-pyrrole nitrogens is 1. The Balaban J connectivity index is 0.000000213. The minimum atomic E-state index is -3.85. The quantitative estimate of drug-likeness (QED) is 0.148. The van der Waals surface area contributed by atoms with Crippen LogP contribution in [0.3, 0.4) is 0 Å². The lowest BCUT2D eigenvalue weighted by molar-refractivity contribution is 0.0947. The lowest BCUT2D eigenvalue weighted by Gasteiger charge is -2.09. The van der Waals surface area contributed by atoms with Gasteiger partial charge in [0, 0.05) is 27.2 Å². The second-order valence-corrected chi connectivity index (χ2v) is 16.6. The number of thiophene rings is 2. The Morgan fingerprint density at radius 3 is 1.63 bits per heavy atom. The summed E-state index contributed by atoms with van der Waals surface area (Å²) in [5, 5.41) is 11.3. The fraction of sp³-hybridized carbons (Fsp3) is 0.179. The van der Waals surface area contributed by atoms with E-state index in [1.807, 2.05) is 36.4 Å². The van der Waals surface area contributed by atoms with Gasteiger partial charge in [-0.1, -0.05) is 36.4 Å². The number of aromatic nitrogens is 4. The smallest absolute Gasteiger partial charge is 0.332 e. The van der Waals surface area contributed by atoms with Gasteiger partial charge in [0.25, 0.3) is 22.9 Å². The van der Waals surface area contributed by atoms with Gasteiger partial charge in [-0.3, -0.25) is 37.9 Å². The van der Waals surface area contributed by atoms with E-state index in [0.717, 1.165) is 44.1 Å². The van der Waals surface area contributed by atoms with Gasteiger partial charge in [0.2, 0.25) is 10.0 Å². The molecule has 0 atom stereocenters. The molecule has 0 saturated heterocycles. The summed E-state index contributed by atoms with van der Waals surface area (Å²) in [6.45, 7) is 0.572. The molecular formula is C39H37N7O10S3. The van der Waals surface area contributed by atoms with Crippen LogP contribution < -0.4 is 47.7 Å². The molecule has 0 aliphatic heterocycles. The zero-order chi connectivity index (χ0) is 42.6. The number of nitrogens with two attached hydrogens (primary N) is 1. The highest BCUT2D eigenvalue weighted by Gasteiger charge is 2.19. The molecule has 20 heteroatoms. The summed E-state index contributed by atoms with van der Waals surface area (Å²) in [7, 11) is 2.39. The zero-order valence-corrected chi connectivity index (χ0v) is 34.4. The molecule has 2 amide bonds. The maximum Gasteiger partial charge on any atom is 0.332 e. The van der Waals surface area contributed by atoms with Crippen LogP contribution in [-0.2, 0) is 43.8 Å². The number of hydrogen-bond acceptors (Lipinski definition) is 12. The molecule has 0 aliphatic carbocycles. The summed E-state index contributed by atoms with van der Waals surface area (Å²) in [4.78, 5) is 78.1. The van der Waals surface area contributed by atoms with E-state index in [1.54, 1.807) is 33.4 Å². The second kappa shape index (κ2) is 17.5. The molecule has 4 aromatic heterocycles. The van der Waals surface area contributed by atoms with Crippen molar-refractivity contribution in [2.24, 2.45) is 19.2 Å². The number of benzene rings is 3. The van der Waals surface area contributed by atoms with Gasteiger partial charge in [0.15, 0.2) is 0 Å². The number of fused-ring (bicyclic) bond motifs is 2. The number of rotatable bonds is 11. The fourth-order valence-electron chi connectivity index (χ4n) is 5.77. The van der Waals surface area contributed by atoms with Crippen LogP contribution >= 0.6 is 22.7 Å². The van der Waals surface area contributed by atoms with Gasteiger partial charge < -0.3 is 20.1 Å². The summed E-state index contributed by atoms with van der Waals surface area (Å²) < 4.78 is 36.8. The van der Waals surface area contributed by atoms with Crippen molar-refractivity contribution in [3.63, 3.8) is 0 Å². The lowest BCUT2D eigenvalue weighted by atomic mass is 10.2. The number of sulfonamides is 1. The molecule has 0 unspecified atom stereocenters. The summed E-state index contributed by atoms with van der Waals surface area (Å²) in [6.07, 6.45) is 0. The van der Waals surface area contributed by atoms with E-state index in [4.69, 9.17) is 14.6 Å². The van der Waals surface area contributed by atoms with Crippen LogP contribution in [0, 0.1) is 0 Å². The van der Waals surface area contributed by atoms with Crippen LogP contribution in [0.2, 0.25) is 0 Å². The standard InChI is InChI=1S/C23H22N4O6S2.C16H15N3O4S/c1-26-22-18(11-19(34-22)20(28)25-12-14-3-7-16(33-2)8-4-14)21(29)27(23(26)30)13-15-5-9-17(10-6-15)35(24,31)32;1-19-15-11(13(20)18-16(19)22)7-12(24-15)14(21)17-8-9-3-5-10(23-2)6-4-9/h3-11H,12-13H2,1-2H3,(H,25,28)(H2,24,31,32);3-7H,8H2,1-2H3,(H,17,21)(H,18,20,22). The summed E-state index contributed by atoms with van der Waals surface area (Å²) in [5.74, 6) is 0.801. The van der Waals surface area contributed by atoms with Crippen molar-refractivity contribution in [2.75, 3.05) is 14.2 Å². The Bertz CT molecular complexity index is 3050. The molecule has 7 aromatic rings. The summed E-state index contributed by atoms with van der Waals surface area (Å²) >= 11 is 2.17. The number of ether oxygens (including phenoxy) is 2. The average Bonchev–Trinajstić information content (AvgIpc) is 3.90. The monoisotopic (exact) mass is 859 g/mol. The SMILES string of the molecule is COc1ccc(CNC(=O)c2cc3c(=O)[nH]c(=O)n(C)c3s2)cc1.COc1ccc(CNC(=O)c2cc3c(=O)n(Cc4ccc(S(N)(=O)=O)cc4)c(=O)n(C)c3s2)cc1. The molecule has 4 heterocycles. The summed E-state index contributed by atoms with van der Waals surface area (Å²) in [5.41, 5.74) is 0.273. The second-order valence-electron chi connectivity index (χ2n) is 13.0. The Morgan fingerprint density at radius 2 is 1.15 bits per heavy atom. The number of primary sulfonamides is 1. The Labute approximate surface area is 342 Å². The van der Waals surface area contributed by atoms with Crippen molar-refractivity contribution < 1.29 is 27.5 Å². The first-order valence-corrected chi connectivity index (χ1v) is 20.7. The third-order valence-corrected chi connectivity index (χ3v) is 12.4. The zero-order valence-electron chi connectivity index (χ0n) is 31.9. The van der Waals surface area contributed by atoms with E-state index in [0.29, 0.717) is 42.7 Å². The number of amides is 2. The third-order valence-electron chi connectivity index (χ3n) is 9.06. The first kappa shape index (κ1) is 42.0. The van der Waals surface area contributed by atoms with Gasteiger partial charge in [0.1, 0.15) is 21.2 Å². The van der Waals surface area contributed by atoms with Crippen LogP contribution in [0.15, 0.2) is 109 Å². The first-order chi connectivity index (χ1) is 28.1. The molecule has 0 aliphatic rings. The van der Waals surface area contributed by atoms with E-state index in [-0.39, 0.29) is 35.2 Å². The largest absolute Gasteiger partial charge is 0.497 e. The number of carbonyl (C=O) groups excluding carboxylic acids is 2. The fourth-order valence-corrected chi connectivity index (χ4v) is 8.34. The Hall–Kier alpha value is -6.61. The number of aryl methyl sites for hydroxylation is 2. The molecule has 0 bridgehead atoms. The van der Waals surface area contributed by atoms with Gasteiger partial charge in [-0.05, 0) is 65.2 Å². The van der Waals surface area contributed by atoms with Crippen LogP contribution in [0.1, 0.15) is 36.0 Å². The van der Waals surface area contributed by atoms with Crippen LogP contribution in [0.5, 0.6) is 11.5 Å². The topological polar surface area (TPSA) is 236 Å². The van der Waals surface area contributed by atoms with Gasteiger partial charge in [-0.2, -0.15) is 0 Å². The number of methoxy groups -OCH3 is 2. The number of nitrogens with zero attached hydrogens (tertiary/aromatic N) is 3. The normalized spacial score (nSPS) is 11.2. The van der Waals surface area contributed by atoms with Crippen molar-refractivity contribution >= 4 is 64.9 Å². The Morgan fingerprint density at radius 1 is 0.695 bits per heavy atom. The minimum Gasteiger partial charge on any atom is -0.497 e. The number of hydrogen-bond donors (Lipinski definition) is 4. The van der Waals surface area contributed by atoms with E-state index in [2.05, 4.69) is 15.6 Å². The van der Waals surface area contributed by atoms with Crippen LogP contribution in [0.4, 0.5) is 0 Å². The van der Waals surface area contributed by atoms with E-state index in [9.17, 15) is 37.2 Å². The highest BCUT2D eigenvalue weighted by Crippen LogP contribution is 2.23. The van der Waals surface area contributed by atoms with Crippen molar-refractivity contribution in [2.45, 2.75) is 24.5 Å². The van der Waals surface area contributed by atoms with E-state index < -0.39 is 32.5 Å². The van der Waals surface area contributed by atoms with Gasteiger partial charge in [-0.25, -0.2) is 23.1 Å². The molecule has 0 saturated carbocycles. The molecule has 0 radical (unpaired) electrons. The van der Waals surface area contributed by atoms with Crippen molar-refractivity contribution in [3.05, 3.63) is 153 Å². The predicted octanol–water partition coefficient (Wildman–Crippen LogP) is 2.62. The van der Waals surface area contributed by atoms with Gasteiger partial charge in [-0.15, -0.1) is 22.7 Å². The molecule has 3 aromatic carbocycles. The number of aromatic amines is 1. The maximum atomic E-state index is 13.1. The Kier molecular flexibility index (Phi) is 12.4. The third kappa shape index (κ3) is 9.41. The molecule has 0 fully saturated rings. The van der Waals surface area contributed by atoms with Gasteiger partial charge in [0.05, 0.1) is 46.2 Å². The molecule has 7 rings (SSSR count). The van der Waals surface area contributed by atoms with Crippen molar-refractivity contribution in [1.82, 2.24) is 29.3 Å². The van der Waals surface area contributed by atoms with Crippen LogP contribution in [0.25, 0.3) is 20.4 Å². The highest BCUT2D eigenvalue weighted by atomic mass is 32.2. The lowest BCUT2D eigenvalue weighted by Crippen LogP contribution is -2.38. The number of carbonyl (C=O) groups is 2. The van der Waals surface area contributed by atoms with Crippen LogP contribution in [-0.4, -0.2) is 53.1 Å². The molecule has 5 N–H and O–H groups in total. The van der Waals surface area contributed by atoms with Crippen molar-refractivity contribution in [3.8, 4) is 11.5 Å². The molecule has 306 valence electrons. The maximum absolute atomic E-state index is 13.1. The summed E-state index contributed by atoms with van der Waals surface area (Å²) in [6, 6.07) is 23.2. The first-order valence-electron chi connectivity index (χ1n) is 17.5. The number of nitrogens with one attached hydrogen (secondary N) is 3. The molecule has 0 spiro atoms. The van der Waals surface area contributed by atoms with E-state index in [1.165, 1.54) is 52.6 Å². The highest BCUT2D eigenvalue weighted by molar-refractivity contribution is 7.89. The average molecular weight is 860 g/mol. The van der Waals surface area contributed by atoms with Crippen molar-refractivity contribution in [1.29, 1.82) is 0 Å². The molecule has 59 heavy (non-hydrogen) atoms. The molecule has 17 nitrogen and oxygen atoms in total. The minimum absolute atomic E-state index is 0.0683. The molecular weight excluding hydrogens is 823 g/mol. The van der Waals surface area contributed by atoms with Gasteiger partial charge >= 0.3 is 11.4 Å². The van der Waals surface area contributed by atoms with E-state index >= 15 is 0 Å².